The van der Waals surface area contributed by atoms with Crippen molar-refractivity contribution in [2.45, 2.75) is 18.4 Å². The molecule has 0 unspecified atom stereocenters. The number of amides is 5. The Morgan fingerprint density at radius 3 is 2.76 bits per heavy atom. The van der Waals surface area contributed by atoms with Crippen LogP contribution < -0.4 is 10.6 Å². The molecule has 1 saturated heterocycles. The van der Waals surface area contributed by atoms with Crippen LogP contribution >= 0.6 is 0 Å². The molecule has 1 atom stereocenters. The molecule has 3 rings (SSSR count). The molecule has 1 heterocycles. The highest BCUT2D eigenvalue weighted by molar-refractivity contribution is 6.10. The Labute approximate surface area is 145 Å². The van der Waals surface area contributed by atoms with Crippen LogP contribution in [0.15, 0.2) is 24.3 Å². The second kappa shape index (κ2) is 6.19. The largest absolute Gasteiger partial charge is 0.358 e. The normalized spacial score (nSPS) is 21.3. The van der Waals surface area contributed by atoms with E-state index in [0.717, 1.165) is 16.0 Å². The summed E-state index contributed by atoms with van der Waals surface area (Å²) in [5.74, 6) is -1.21. The van der Waals surface area contributed by atoms with Crippen molar-refractivity contribution in [2.75, 3.05) is 27.2 Å². The van der Waals surface area contributed by atoms with Gasteiger partial charge in [0.1, 0.15) is 12.1 Å². The molecular weight excluding hydrogens is 324 g/mol. The number of imide groups is 1. The van der Waals surface area contributed by atoms with E-state index in [-0.39, 0.29) is 19.0 Å². The second-order valence-corrected chi connectivity index (χ2v) is 6.31. The fourth-order valence-electron chi connectivity index (χ4n) is 3.37. The zero-order valence-electron chi connectivity index (χ0n) is 14.2. The first kappa shape index (κ1) is 16.9. The van der Waals surface area contributed by atoms with Crippen molar-refractivity contribution < 1.29 is 19.2 Å². The van der Waals surface area contributed by atoms with Gasteiger partial charge in [0.25, 0.3) is 5.91 Å². The Kier molecular flexibility index (Phi) is 4.20. The Hall–Kier alpha value is -2.90. The van der Waals surface area contributed by atoms with Crippen molar-refractivity contribution in [3.8, 4) is 0 Å². The first-order valence-corrected chi connectivity index (χ1v) is 8.06. The minimum Gasteiger partial charge on any atom is -0.358 e. The molecule has 2 aliphatic rings. The minimum absolute atomic E-state index is 0.132. The lowest BCUT2D eigenvalue weighted by Gasteiger charge is -2.23. The molecule has 1 spiro atoms. The van der Waals surface area contributed by atoms with E-state index in [4.69, 9.17) is 0 Å². The topological polar surface area (TPSA) is 98.8 Å². The van der Waals surface area contributed by atoms with Gasteiger partial charge in [-0.2, -0.15) is 0 Å². The quantitative estimate of drug-likeness (QED) is 0.725. The number of nitrogens with one attached hydrogen (secondary N) is 2. The van der Waals surface area contributed by atoms with Crippen LogP contribution in [0.2, 0.25) is 0 Å². The SMILES string of the molecule is CNC(=O)CN(C)C(=O)CN1C(=O)N[C@]2(CCc3ccccc32)C1=O. The highest BCUT2D eigenvalue weighted by Crippen LogP contribution is 2.41. The van der Waals surface area contributed by atoms with Crippen LogP contribution in [-0.2, 0) is 26.3 Å². The van der Waals surface area contributed by atoms with Gasteiger partial charge in [0.2, 0.25) is 11.8 Å². The number of benzene rings is 1. The maximum absolute atomic E-state index is 12.9. The van der Waals surface area contributed by atoms with Gasteiger partial charge in [-0.25, -0.2) is 4.79 Å². The number of carbonyl (C=O) groups is 4. The van der Waals surface area contributed by atoms with Crippen molar-refractivity contribution in [3.63, 3.8) is 0 Å². The monoisotopic (exact) mass is 344 g/mol. The van der Waals surface area contributed by atoms with Crippen molar-refractivity contribution in [3.05, 3.63) is 35.4 Å². The average Bonchev–Trinajstić information content (AvgIpc) is 3.08. The molecule has 132 valence electrons. The summed E-state index contributed by atoms with van der Waals surface area (Å²) < 4.78 is 0. The van der Waals surface area contributed by atoms with Crippen LogP contribution in [0, 0.1) is 0 Å². The second-order valence-electron chi connectivity index (χ2n) is 6.31. The summed E-state index contributed by atoms with van der Waals surface area (Å²) in [7, 11) is 2.93. The third-order valence-corrected chi connectivity index (χ3v) is 4.80. The standard InChI is InChI=1S/C17H20N4O4/c1-18-13(22)9-20(2)14(23)10-21-15(24)17(19-16(21)25)8-7-11-5-3-4-6-12(11)17/h3-6H,7-10H2,1-2H3,(H,18,22)(H,19,25)/t17-/m0/s1. The summed E-state index contributed by atoms with van der Waals surface area (Å²) in [4.78, 5) is 51.0. The zero-order chi connectivity index (χ0) is 18.2. The van der Waals surface area contributed by atoms with Crippen molar-refractivity contribution >= 4 is 23.8 Å². The van der Waals surface area contributed by atoms with E-state index in [2.05, 4.69) is 10.6 Å². The number of fused-ring (bicyclic) bond motifs is 2. The van der Waals surface area contributed by atoms with Gasteiger partial charge < -0.3 is 15.5 Å². The Morgan fingerprint density at radius 1 is 1.32 bits per heavy atom. The number of carbonyl (C=O) groups excluding carboxylic acids is 4. The molecule has 0 radical (unpaired) electrons. The first-order valence-electron chi connectivity index (χ1n) is 8.06. The zero-order valence-corrected chi connectivity index (χ0v) is 14.2. The van der Waals surface area contributed by atoms with Crippen molar-refractivity contribution in [2.24, 2.45) is 0 Å². The smallest absolute Gasteiger partial charge is 0.325 e. The van der Waals surface area contributed by atoms with Gasteiger partial charge in [-0.3, -0.25) is 19.3 Å². The molecule has 1 aromatic rings. The van der Waals surface area contributed by atoms with Gasteiger partial charge in [-0.1, -0.05) is 24.3 Å². The maximum atomic E-state index is 12.9. The van der Waals surface area contributed by atoms with Crippen molar-refractivity contribution in [1.29, 1.82) is 0 Å². The summed E-state index contributed by atoms with van der Waals surface area (Å²) >= 11 is 0. The highest BCUT2D eigenvalue weighted by Gasteiger charge is 2.55. The summed E-state index contributed by atoms with van der Waals surface area (Å²) in [5, 5.41) is 5.19. The molecule has 1 aromatic carbocycles. The molecule has 8 heteroatoms. The van der Waals surface area contributed by atoms with Gasteiger partial charge in [-0.15, -0.1) is 0 Å². The van der Waals surface area contributed by atoms with Gasteiger partial charge in [-0.05, 0) is 24.0 Å². The van der Waals surface area contributed by atoms with Gasteiger partial charge in [0.15, 0.2) is 0 Å². The molecule has 8 nitrogen and oxygen atoms in total. The number of nitrogens with zero attached hydrogens (tertiary/aromatic N) is 2. The molecule has 1 aliphatic heterocycles. The van der Waals surface area contributed by atoms with Crippen molar-refractivity contribution in [1.82, 2.24) is 20.4 Å². The van der Waals surface area contributed by atoms with Crippen LogP contribution in [0.1, 0.15) is 17.5 Å². The van der Waals surface area contributed by atoms with E-state index >= 15 is 0 Å². The van der Waals surface area contributed by atoms with Gasteiger partial charge >= 0.3 is 6.03 Å². The average molecular weight is 344 g/mol. The molecule has 0 aromatic heterocycles. The lowest BCUT2D eigenvalue weighted by atomic mass is 9.92. The molecular formula is C17H20N4O4. The number of rotatable bonds is 4. The fourth-order valence-corrected chi connectivity index (χ4v) is 3.37. The molecule has 2 N–H and O–H groups in total. The number of hydrogen-bond acceptors (Lipinski definition) is 4. The van der Waals surface area contributed by atoms with Gasteiger partial charge in [0, 0.05) is 14.1 Å². The lowest BCUT2D eigenvalue weighted by molar-refractivity contribution is -0.139. The number of aryl methyl sites for hydroxylation is 1. The Balaban J connectivity index is 1.77. The highest BCUT2D eigenvalue weighted by atomic mass is 16.2. The molecule has 1 aliphatic carbocycles. The molecule has 1 fully saturated rings. The molecule has 0 bridgehead atoms. The van der Waals surface area contributed by atoms with E-state index in [0.29, 0.717) is 12.8 Å². The van der Waals surface area contributed by atoms with Gasteiger partial charge in [0.05, 0.1) is 6.54 Å². The van der Waals surface area contributed by atoms with E-state index in [9.17, 15) is 19.2 Å². The van der Waals surface area contributed by atoms with E-state index < -0.39 is 23.4 Å². The lowest BCUT2D eigenvalue weighted by Crippen LogP contribution is -2.45. The summed E-state index contributed by atoms with van der Waals surface area (Å²) in [6, 6.07) is 6.92. The molecule has 5 amide bonds. The van der Waals surface area contributed by atoms with Crippen LogP contribution in [0.4, 0.5) is 4.79 Å². The summed E-state index contributed by atoms with van der Waals surface area (Å²) in [6.45, 7) is -0.519. The number of urea groups is 1. The van der Waals surface area contributed by atoms with Crippen LogP contribution in [0.25, 0.3) is 0 Å². The minimum atomic E-state index is -1.08. The van der Waals surface area contributed by atoms with Crippen LogP contribution in [0.3, 0.4) is 0 Å². The Morgan fingerprint density at radius 2 is 2.04 bits per heavy atom. The summed E-state index contributed by atoms with van der Waals surface area (Å²) in [6.07, 6.45) is 1.18. The van der Waals surface area contributed by atoms with Crippen LogP contribution in [0.5, 0.6) is 0 Å². The van der Waals surface area contributed by atoms with E-state index in [1.165, 1.54) is 19.0 Å². The third kappa shape index (κ3) is 2.73. The maximum Gasteiger partial charge on any atom is 0.325 e. The molecule has 25 heavy (non-hydrogen) atoms. The third-order valence-electron chi connectivity index (χ3n) is 4.80. The Bertz CT molecular complexity index is 763. The predicted octanol–water partition coefficient (Wildman–Crippen LogP) is -0.416. The van der Waals surface area contributed by atoms with E-state index in [1.807, 2.05) is 24.3 Å². The van der Waals surface area contributed by atoms with Crippen LogP contribution in [-0.4, -0.2) is 60.7 Å². The molecule has 0 saturated carbocycles. The van der Waals surface area contributed by atoms with E-state index in [1.54, 1.807) is 0 Å². The number of hydrogen-bond donors (Lipinski definition) is 2. The predicted molar refractivity (Wildman–Crippen MR) is 88.4 cm³/mol. The number of likely N-dealkylation sites (N-methyl/N-ethyl adjacent to an activating group) is 2. The fraction of sp³-hybridized carbons (Fsp3) is 0.412. The summed E-state index contributed by atoms with van der Waals surface area (Å²) in [5.41, 5.74) is 0.746. The first-order chi connectivity index (χ1) is 11.9.